The third kappa shape index (κ3) is 5.01. The molecule has 2 aliphatic heterocycles. The highest BCUT2D eigenvalue weighted by atomic mass is 16.3. The SMILES string of the molecule is C[C@H](O)CN1CCN(C[C@@H](O)CN2CCc3ccccc3C2)CC1. The molecule has 0 amide bonds. The lowest BCUT2D eigenvalue weighted by molar-refractivity contribution is 0.0369. The van der Waals surface area contributed by atoms with Crippen molar-refractivity contribution in [2.24, 2.45) is 0 Å². The summed E-state index contributed by atoms with van der Waals surface area (Å²) in [5.74, 6) is 0. The molecule has 1 fully saturated rings. The molecule has 2 aliphatic rings. The van der Waals surface area contributed by atoms with E-state index in [-0.39, 0.29) is 12.2 Å². The maximum Gasteiger partial charge on any atom is 0.0793 e. The first-order chi connectivity index (χ1) is 11.6. The van der Waals surface area contributed by atoms with E-state index in [1.165, 1.54) is 11.1 Å². The maximum atomic E-state index is 10.5. The predicted molar refractivity (Wildman–Crippen MR) is 96.0 cm³/mol. The third-order valence-electron chi connectivity index (χ3n) is 5.13. The first-order valence-electron chi connectivity index (χ1n) is 9.20. The van der Waals surface area contributed by atoms with Gasteiger partial charge >= 0.3 is 0 Å². The van der Waals surface area contributed by atoms with E-state index in [1.807, 2.05) is 6.92 Å². The number of piperazine rings is 1. The Kier molecular flexibility index (Phi) is 6.25. The van der Waals surface area contributed by atoms with Crippen molar-refractivity contribution in [3.8, 4) is 0 Å². The van der Waals surface area contributed by atoms with Crippen molar-refractivity contribution in [3.05, 3.63) is 35.4 Å². The van der Waals surface area contributed by atoms with E-state index in [2.05, 4.69) is 39.0 Å². The minimum absolute atomic E-state index is 0.260. The number of aliphatic hydroxyl groups is 2. The van der Waals surface area contributed by atoms with E-state index in [9.17, 15) is 10.2 Å². The normalized spacial score (nSPS) is 23.0. The molecule has 0 unspecified atom stereocenters. The number of hydrogen-bond acceptors (Lipinski definition) is 5. The number of nitrogens with zero attached hydrogens (tertiary/aromatic N) is 3. The van der Waals surface area contributed by atoms with E-state index in [1.54, 1.807) is 0 Å². The Labute approximate surface area is 145 Å². The van der Waals surface area contributed by atoms with Crippen LogP contribution < -0.4 is 0 Å². The quantitative estimate of drug-likeness (QED) is 0.789. The van der Waals surface area contributed by atoms with Gasteiger partial charge in [0.15, 0.2) is 0 Å². The highest BCUT2D eigenvalue weighted by Crippen LogP contribution is 2.18. The van der Waals surface area contributed by atoms with Crippen LogP contribution >= 0.6 is 0 Å². The molecule has 2 atom stereocenters. The van der Waals surface area contributed by atoms with E-state index in [4.69, 9.17) is 0 Å². The zero-order chi connectivity index (χ0) is 16.9. The Hall–Kier alpha value is -0.980. The van der Waals surface area contributed by atoms with Crippen LogP contribution in [0.25, 0.3) is 0 Å². The van der Waals surface area contributed by atoms with Crippen molar-refractivity contribution >= 4 is 0 Å². The molecule has 2 N–H and O–H groups in total. The average Bonchev–Trinajstić information content (AvgIpc) is 2.56. The fraction of sp³-hybridized carbons (Fsp3) is 0.684. The van der Waals surface area contributed by atoms with Crippen molar-refractivity contribution in [2.75, 3.05) is 52.4 Å². The Balaban J connectivity index is 1.40. The van der Waals surface area contributed by atoms with Crippen LogP contribution in [0, 0.1) is 0 Å². The molecule has 1 aromatic carbocycles. The predicted octanol–water partition coefficient (Wildman–Crippen LogP) is 0.404. The van der Waals surface area contributed by atoms with E-state index < -0.39 is 0 Å². The van der Waals surface area contributed by atoms with Gasteiger partial charge in [0.1, 0.15) is 0 Å². The first kappa shape index (κ1) is 17.8. The molecular weight excluding hydrogens is 302 g/mol. The second kappa shape index (κ2) is 8.41. The second-order valence-electron chi connectivity index (χ2n) is 7.36. The van der Waals surface area contributed by atoms with E-state index >= 15 is 0 Å². The van der Waals surface area contributed by atoms with Gasteiger partial charge in [0.2, 0.25) is 0 Å². The van der Waals surface area contributed by atoms with Gasteiger partial charge in [-0.15, -0.1) is 0 Å². The zero-order valence-corrected chi connectivity index (χ0v) is 14.8. The Morgan fingerprint density at radius 1 is 0.833 bits per heavy atom. The minimum Gasteiger partial charge on any atom is -0.392 e. The van der Waals surface area contributed by atoms with Crippen LogP contribution in [0.5, 0.6) is 0 Å². The Bertz CT molecular complexity index is 515. The molecule has 5 nitrogen and oxygen atoms in total. The van der Waals surface area contributed by atoms with Crippen LogP contribution in [0.3, 0.4) is 0 Å². The summed E-state index contributed by atoms with van der Waals surface area (Å²) >= 11 is 0. The first-order valence-corrected chi connectivity index (χ1v) is 9.20. The summed E-state index contributed by atoms with van der Waals surface area (Å²) in [6.45, 7) is 10.0. The molecule has 1 aromatic rings. The summed E-state index contributed by atoms with van der Waals surface area (Å²) in [6, 6.07) is 8.64. The lowest BCUT2D eigenvalue weighted by Crippen LogP contribution is -2.51. The lowest BCUT2D eigenvalue weighted by atomic mass is 10.00. The van der Waals surface area contributed by atoms with Gasteiger partial charge in [0, 0.05) is 58.9 Å². The average molecular weight is 333 g/mol. The molecule has 0 aromatic heterocycles. The largest absolute Gasteiger partial charge is 0.392 e. The van der Waals surface area contributed by atoms with Crippen LogP contribution in [0.4, 0.5) is 0 Å². The maximum absolute atomic E-state index is 10.5. The highest BCUT2D eigenvalue weighted by molar-refractivity contribution is 5.29. The van der Waals surface area contributed by atoms with Gasteiger partial charge in [0.05, 0.1) is 12.2 Å². The van der Waals surface area contributed by atoms with Crippen LogP contribution in [0.15, 0.2) is 24.3 Å². The fourth-order valence-corrected chi connectivity index (χ4v) is 3.89. The van der Waals surface area contributed by atoms with Gasteiger partial charge in [0.25, 0.3) is 0 Å². The highest BCUT2D eigenvalue weighted by Gasteiger charge is 2.22. The number of aliphatic hydroxyl groups excluding tert-OH is 2. The van der Waals surface area contributed by atoms with Gasteiger partial charge < -0.3 is 10.2 Å². The number of rotatable bonds is 6. The van der Waals surface area contributed by atoms with Gasteiger partial charge in [-0.25, -0.2) is 0 Å². The fourth-order valence-electron chi connectivity index (χ4n) is 3.89. The van der Waals surface area contributed by atoms with Crippen LogP contribution in [-0.4, -0.2) is 89.5 Å². The molecule has 1 saturated heterocycles. The number of benzene rings is 1. The number of β-amino-alcohol motifs (C(OH)–C–C–N with tert-alkyl or cyclic N) is 2. The molecule has 0 saturated carbocycles. The molecular formula is C19H31N3O2. The molecule has 0 radical (unpaired) electrons. The minimum atomic E-state index is -0.293. The van der Waals surface area contributed by atoms with Gasteiger partial charge in [-0.2, -0.15) is 0 Å². The van der Waals surface area contributed by atoms with Gasteiger partial charge in [-0.05, 0) is 24.5 Å². The Morgan fingerprint density at radius 3 is 2.08 bits per heavy atom. The van der Waals surface area contributed by atoms with Crippen molar-refractivity contribution in [1.29, 1.82) is 0 Å². The summed E-state index contributed by atoms with van der Waals surface area (Å²) in [4.78, 5) is 7.02. The lowest BCUT2D eigenvalue weighted by Gasteiger charge is -2.37. The molecule has 24 heavy (non-hydrogen) atoms. The summed E-state index contributed by atoms with van der Waals surface area (Å²) in [7, 11) is 0. The molecule has 0 aliphatic carbocycles. The van der Waals surface area contributed by atoms with Crippen molar-refractivity contribution in [2.45, 2.75) is 32.1 Å². The van der Waals surface area contributed by atoms with Crippen LogP contribution in [0.1, 0.15) is 18.1 Å². The molecule has 0 bridgehead atoms. The van der Waals surface area contributed by atoms with Crippen LogP contribution in [0.2, 0.25) is 0 Å². The molecule has 0 spiro atoms. The zero-order valence-electron chi connectivity index (χ0n) is 14.8. The van der Waals surface area contributed by atoms with Gasteiger partial charge in [-0.3, -0.25) is 14.7 Å². The monoisotopic (exact) mass is 333 g/mol. The summed E-state index contributed by atoms with van der Waals surface area (Å²) in [5.41, 5.74) is 2.86. The standard InChI is InChI=1S/C19H31N3O2/c1-16(23)12-20-8-10-21(11-9-20)14-19(24)15-22-7-6-17-4-2-3-5-18(17)13-22/h2-5,16,19,23-24H,6-15H2,1H3/t16-,19+/m0/s1. The van der Waals surface area contributed by atoms with Crippen molar-refractivity contribution in [3.63, 3.8) is 0 Å². The van der Waals surface area contributed by atoms with Crippen molar-refractivity contribution in [1.82, 2.24) is 14.7 Å². The summed E-state index contributed by atoms with van der Waals surface area (Å²) < 4.78 is 0. The molecule has 5 heteroatoms. The van der Waals surface area contributed by atoms with Crippen LogP contribution in [-0.2, 0) is 13.0 Å². The smallest absolute Gasteiger partial charge is 0.0793 e. The van der Waals surface area contributed by atoms with Gasteiger partial charge in [-0.1, -0.05) is 24.3 Å². The molecule has 134 valence electrons. The van der Waals surface area contributed by atoms with Crippen molar-refractivity contribution < 1.29 is 10.2 Å². The molecule has 3 rings (SSSR count). The summed E-state index contributed by atoms with van der Waals surface area (Å²) in [5, 5.41) is 19.9. The third-order valence-corrected chi connectivity index (χ3v) is 5.13. The number of hydrogen-bond donors (Lipinski definition) is 2. The second-order valence-corrected chi connectivity index (χ2v) is 7.36. The number of fused-ring (bicyclic) bond motifs is 1. The summed E-state index contributed by atoms with van der Waals surface area (Å²) in [6.07, 6.45) is 0.531. The van der Waals surface area contributed by atoms with E-state index in [0.717, 1.165) is 65.3 Å². The Morgan fingerprint density at radius 2 is 1.42 bits per heavy atom. The molecule has 2 heterocycles. The topological polar surface area (TPSA) is 50.2 Å². The van der Waals surface area contributed by atoms with E-state index in [0.29, 0.717) is 0 Å².